The van der Waals surface area contributed by atoms with Gasteiger partial charge in [-0.2, -0.15) is 4.98 Å². The number of hydrogen-bond acceptors (Lipinski definition) is 3. The van der Waals surface area contributed by atoms with E-state index in [1.807, 2.05) is 12.1 Å². The maximum Gasteiger partial charge on any atom is 0.238 e. The maximum absolute atomic E-state index is 4.44. The van der Waals surface area contributed by atoms with Gasteiger partial charge in [0.2, 0.25) is 5.95 Å². The van der Waals surface area contributed by atoms with Gasteiger partial charge in [-0.15, -0.1) is 0 Å². The van der Waals surface area contributed by atoms with Crippen LogP contribution in [0.25, 0.3) is 27.8 Å². The highest BCUT2D eigenvalue weighted by Gasteiger charge is 2.13. The van der Waals surface area contributed by atoms with Gasteiger partial charge in [0.15, 0.2) is 3.83 Å². The molecular formula is C15H9IN4. The lowest BCUT2D eigenvalue weighted by Crippen LogP contribution is -2.03. The molecule has 0 aliphatic rings. The van der Waals surface area contributed by atoms with Crippen LogP contribution in [0.1, 0.15) is 0 Å². The number of aromatic nitrogens is 4. The summed E-state index contributed by atoms with van der Waals surface area (Å²) in [6.07, 6.45) is 1.55. The highest BCUT2D eigenvalue weighted by atomic mass is 127. The normalized spacial score (nSPS) is 11.2. The SMILES string of the molecule is Ic1ncnc(-n2c3ccccc3c3ccccc32)n1. The lowest BCUT2D eigenvalue weighted by molar-refractivity contribution is 0.915. The van der Waals surface area contributed by atoms with Gasteiger partial charge in [0.05, 0.1) is 11.0 Å². The van der Waals surface area contributed by atoms with Gasteiger partial charge < -0.3 is 0 Å². The molecule has 4 rings (SSSR count). The van der Waals surface area contributed by atoms with Gasteiger partial charge in [0.1, 0.15) is 6.33 Å². The van der Waals surface area contributed by atoms with E-state index in [0.717, 1.165) is 11.0 Å². The van der Waals surface area contributed by atoms with Crippen molar-refractivity contribution >= 4 is 44.4 Å². The number of para-hydroxylation sites is 2. The summed E-state index contributed by atoms with van der Waals surface area (Å²) in [7, 11) is 0. The fourth-order valence-electron chi connectivity index (χ4n) is 2.51. The Bertz CT molecular complexity index is 876. The largest absolute Gasteiger partial charge is 0.278 e. The average molecular weight is 372 g/mol. The van der Waals surface area contributed by atoms with E-state index in [1.165, 1.54) is 10.8 Å². The van der Waals surface area contributed by atoms with Crippen LogP contribution in [-0.2, 0) is 0 Å². The Kier molecular flexibility index (Phi) is 2.66. The zero-order chi connectivity index (χ0) is 13.5. The number of benzene rings is 2. The standard InChI is InChI=1S/C15H9IN4/c16-14-17-9-18-15(19-14)20-12-7-3-1-5-10(12)11-6-2-4-8-13(11)20/h1-9H. The average Bonchev–Trinajstić information content (AvgIpc) is 2.82. The second kappa shape index (κ2) is 4.52. The van der Waals surface area contributed by atoms with E-state index < -0.39 is 0 Å². The van der Waals surface area contributed by atoms with Crippen LogP contribution in [-0.4, -0.2) is 19.5 Å². The van der Waals surface area contributed by atoms with E-state index >= 15 is 0 Å². The van der Waals surface area contributed by atoms with Gasteiger partial charge in [-0.25, -0.2) is 9.97 Å². The van der Waals surface area contributed by atoms with Crippen LogP contribution in [0, 0.1) is 3.83 Å². The third kappa shape index (κ3) is 1.70. The highest BCUT2D eigenvalue weighted by molar-refractivity contribution is 14.1. The summed E-state index contributed by atoms with van der Waals surface area (Å²) < 4.78 is 2.77. The van der Waals surface area contributed by atoms with Crippen molar-refractivity contribution in [2.75, 3.05) is 0 Å². The first-order valence-corrected chi connectivity index (χ1v) is 7.25. The van der Waals surface area contributed by atoms with E-state index in [0.29, 0.717) is 9.78 Å². The molecule has 0 atom stereocenters. The van der Waals surface area contributed by atoms with Crippen molar-refractivity contribution < 1.29 is 0 Å². The highest BCUT2D eigenvalue weighted by Crippen LogP contribution is 2.30. The van der Waals surface area contributed by atoms with Crippen LogP contribution in [0.3, 0.4) is 0 Å². The van der Waals surface area contributed by atoms with Gasteiger partial charge in [0.25, 0.3) is 0 Å². The van der Waals surface area contributed by atoms with E-state index in [1.54, 1.807) is 6.33 Å². The minimum atomic E-state index is 0.654. The van der Waals surface area contributed by atoms with Crippen LogP contribution in [0.15, 0.2) is 54.9 Å². The molecule has 0 spiro atoms. The number of rotatable bonds is 1. The van der Waals surface area contributed by atoms with Crippen LogP contribution >= 0.6 is 22.6 Å². The first-order chi connectivity index (χ1) is 9.84. The Morgan fingerprint density at radius 1 is 0.800 bits per heavy atom. The number of hydrogen-bond donors (Lipinski definition) is 0. The molecule has 4 nitrogen and oxygen atoms in total. The minimum absolute atomic E-state index is 0.654. The fourth-order valence-corrected chi connectivity index (χ4v) is 2.85. The summed E-state index contributed by atoms with van der Waals surface area (Å²) in [5.74, 6) is 0.654. The van der Waals surface area contributed by atoms with Crippen molar-refractivity contribution in [1.29, 1.82) is 0 Å². The molecule has 0 aliphatic heterocycles. The van der Waals surface area contributed by atoms with E-state index in [4.69, 9.17) is 0 Å². The summed E-state index contributed by atoms with van der Waals surface area (Å²) in [5, 5.41) is 2.41. The van der Waals surface area contributed by atoms with E-state index in [9.17, 15) is 0 Å². The Labute approximate surface area is 128 Å². The molecule has 96 valence electrons. The molecule has 0 saturated heterocycles. The number of halogens is 1. The quantitative estimate of drug-likeness (QED) is 0.480. The van der Waals surface area contributed by atoms with E-state index in [-0.39, 0.29) is 0 Å². The second-order valence-electron chi connectivity index (χ2n) is 4.42. The predicted molar refractivity (Wildman–Crippen MR) is 86.9 cm³/mol. The monoisotopic (exact) mass is 372 g/mol. The van der Waals surface area contributed by atoms with Gasteiger partial charge in [-0.3, -0.25) is 4.57 Å². The van der Waals surface area contributed by atoms with Crippen LogP contribution in [0.2, 0.25) is 0 Å². The minimum Gasteiger partial charge on any atom is -0.278 e. The van der Waals surface area contributed by atoms with Gasteiger partial charge in [0, 0.05) is 33.4 Å². The molecule has 2 heterocycles. The molecule has 0 amide bonds. The molecule has 5 heteroatoms. The Morgan fingerprint density at radius 3 is 2.00 bits per heavy atom. The molecule has 0 fully saturated rings. The van der Waals surface area contributed by atoms with Crippen LogP contribution in [0.5, 0.6) is 0 Å². The third-order valence-electron chi connectivity index (χ3n) is 3.31. The maximum atomic E-state index is 4.44. The molecule has 0 N–H and O–H groups in total. The number of nitrogens with zero attached hydrogens (tertiary/aromatic N) is 4. The molecule has 0 saturated carbocycles. The van der Waals surface area contributed by atoms with Gasteiger partial charge in [-0.05, 0) is 12.1 Å². The van der Waals surface area contributed by atoms with Crippen molar-refractivity contribution in [3.05, 3.63) is 58.7 Å². The van der Waals surface area contributed by atoms with Crippen molar-refractivity contribution in [3.8, 4) is 5.95 Å². The van der Waals surface area contributed by atoms with Crippen molar-refractivity contribution in [2.45, 2.75) is 0 Å². The molecule has 20 heavy (non-hydrogen) atoms. The molecule has 0 aliphatic carbocycles. The first kappa shape index (κ1) is 11.8. The molecule has 0 unspecified atom stereocenters. The molecule has 0 radical (unpaired) electrons. The van der Waals surface area contributed by atoms with Crippen LogP contribution in [0.4, 0.5) is 0 Å². The third-order valence-corrected chi connectivity index (χ3v) is 3.83. The molecule has 4 aromatic rings. The summed E-state index contributed by atoms with van der Waals surface area (Å²) in [4.78, 5) is 12.8. The smallest absolute Gasteiger partial charge is 0.238 e. The molecular weight excluding hydrogens is 363 g/mol. The van der Waals surface area contributed by atoms with Crippen LogP contribution < -0.4 is 0 Å². The lowest BCUT2D eigenvalue weighted by atomic mass is 10.2. The molecule has 2 aromatic heterocycles. The fraction of sp³-hybridized carbons (Fsp3) is 0. The Balaban J connectivity index is 2.21. The number of fused-ring (bicyclic) bond motifs is 3. The topological polar surface area (TPSA) is 43.6 Å². The van der Waals surface area contributed by atoms with E-state index in [2.05, 4.69) is 78.5 Å². The van der Waals surface area contributed by atoms with Gasteiger partial charge >= 0.3 is 0 Å². The van der Waals surface area contributed by atoms with Crippen molar-refractivity contribution in [2.24, 2.45) is 0 Å². The summed E-state index contributed by atoms with van der Waals surface area (Å²) >= 11 is 2.10. The summed E-state index contributed by atoms with van der Waals surface area (Å²) in [6.45, 7) is 0. The Morgan fingerprint density at radius 2 is 1.40 bits per heavy atom. The Hall–Kier alpha value is -2.02. The summed E-state index contributed by atoms with van der Waals surface area (Å²) in [6, 6.07) is 16.6. The van der Waals surface area contributed by atoms with Gasteiger partial charge in [-0.1, -0.05) is 36.4 Å². The zero-order valence-electron chi connectivity index (χ0n) is 10.4. The summed E-state index contributed by atoms with van der Waals surface area (Å²) in [5.41, 5.74) is 2.21. The predicted octanol–water partition coefficient (Wildman–Crippen LogP) is 3.57. The van der Waals surface area contributed by atoms with Crippen molar-refractivity contribution in [3.63, 3.8) is 0 Å². The first-order valence-electron chi connectivity index (χ1n) is 6.18. The van der Waals surface area contributed by atoms with Crippen molar-refractivity contribution in [1.82, 2.24) is 19.5 Å². The second-order valence-corrected chi connectivity index (χ2v) is 5.39. The molecule has 2 aromatic carbocycles. The lowest BCUT2D eigenvalue weighted by Gasteiger charge is -2.04. The molecule has 0 bridgehead atoms. The zero-order valence-corrected chi connectivity index (χ0v) is 12.5.